The van der Waals surface area contributed by atoms with Crippen molar-refractivity contribution in [1.82, 2.24) is 9.78 Å². The zero-order chi connectivity index (χ0) is 11.8. The predicted molar refractivity (Wildman–Crippen MR) is 56.0 cm³/mol. The smallest absolute Gasteiger partial charge is 0.256 e. The van der Waals surface area contributed by atoms with Gasteiger partial charge in [-0.25, -0.2) is 0 Å². The number of nitrogens with zero attached hydrogens (tertiary/aromatic N) is 2. The molecule has 0 saturated carbocycles. The Balaban J connectivity index is 3.26. The van der Waals surface area contributed by atoms with Crippen LogP contribution < -0.4 is 0 Å². The number of rotatable bonds is 3. The predicted octanol–water partition coefficient (Wildman–Crippen LogP) is 2.00. The maximum Gasteiger partial charge on any atom is 0.306 e. The Bertz CT molecular complexity index is 467. The summed E-state index contributed by atoms with van der Waals surface area (Å²) in [4.78, 5) is 0. The fourth-order valence-electron chi connectivity index (χ4n) is 1.34. The van der Waals surface area contributed by atoms with E-state index in [-0.39, 0.29) is 16.6 Å². The molecule has 0 amide bonds. The highest BCUT2D eigenvalue weighted by Crippen LogP contribution is 2.27. The average Bonchev–Trinajstić information content (AvgIpc) is 2.30. The minimum Gasteiger partial charge on any atom is -0.256 e. The first-order valence-electron chi connectivity index (χ1n) is 4.36. The quantitative estimate of drug-likeness (QED) is 0.776. The summed E-state index contributed by atoms with van der Waals surface area (Å²) in [6, 6.07) is 0. The van der Waals surface area contributed by atoms with Gasteiger partial charge in [0.15, 0.2) is 0 Å². The molecule has 0 fully saturated rings. The molecule has 0 aromatic carbocycles. The van der Waals surface area contributed by atoms with Gasteiger partial charge in [-0.05, 0) is 5.92 Å². The molecule has 0 N–H and O–H groups in total. The molecule has 0 aliphatic rings. The number of aromatic nitrogens is 2. The van der Waals surface area contributed by atoms with Crippen molar-refractivity contribution in [1.29, 1.82) is 0 Å². The van der Waals surface area contributed by atoms with E-state index >= 15 is 0 Å². The summed E-state index contributed by atoms with van der Waals surface area (Å²) >= 11 is 5.83. The van der Waals surface area contributed by atoms with Crippen LogP contribution in [0.5, 0.6) is 0 Å². The first-order chi connectivity index (χ1) is 6.72. The van der Waals surface area contributed by atoms with E-state index in [1.165, 1.54) is 4.68 Å². The zero-order valence-corrected chi connectivity index (χ0v) is 10.2. The van der Waals surface area contributed by atoms with Crippen LogP contribution in [0.15, 0.2) is 0 Å². The minimum absolute atomic E-state index is 0.000417. The summed E-state index contributed by atoms with van der Waals surface area (Å²) in [6.45, 7) is 3.68. The lowest BCUT2D eigenvalue weighted by Gasteiger charge is -2.02. The van der Waals surface area contributed by atoms with Crippen molar-refractivity contribution < 1.29 is 12.3 Å². The first-order valence-corrected chi connectivity index (χ1v) is 6.29. The Labute approximate surface area is 93.3 Å². The lowest BCUT2D eigenvalue weighted by atomic mass is 10.1. The van der Waals surface area contributed by atoms with Crippen molar-refractivity contribution in [3.63, 3.8) is 0 Å². The van der Waals surface area contributed by atoms with Crippen molar-refractivity contribution in [2.24, 2.45) is 7.05 Å². The van der Waals surface area contributed by atoms with E-state index in [9.17, 15) is 12.3 Å². The molecule has 0 bridgehead atoms. The molecule has 0 aliphatic carbocycles. The fraction of sp³-hybridized carbons (Fsp3) is 0.625. The van der Waals surface area contributed by atoms with Gasteiger partial charge >= 0.3 is 10.2 Å². The largest absolute Gasteiger partial charge is 0.306 e. The molecule has 0 saturated heterocycles. The lowest BCUT2D eigenvalue weighted by Crippen LogP contribution is -2.00. The monoisotopic (exact) mass is 254 g/mol. The molecule has 7 heteroatoms. The van der Waals surface area contributed by atoms with Crippen LogP contribution >= 0.6 is 11.6 Å². The number of hydrogen-bond donors (Lipinski definition) is 0. The Hall–Kier alpha value is -0.620. The molecule has 15 heavy (non-hydrogen) atoms. The van der Waals surface area contributed by atoms with Crippen LogP contribution in [-0.2, 0) is 23.0 Å². The zero-order valence-electron chi connectivity index (χ0n) is 8.66. The summed E-state index contributed by atoms with van der Waals surface area (Å²) in [5.41, 5.74) is 0.764. The maximum atomic E-state index is 12.6. The van der Waals surface area contributed by atoms with Crippen molar-refractivity contribution in [2.75, 3.05) is 0 Å². The third-order valence-electron chi connectivity index (χ3n) is 1.96. The molecule has 86 valence electrons. The highest BCUT2D eigenvalue weighted by Gasteiger charge is 2.22. The highest BCUT2D eigenvalue weighted by molar-refractivity contribution is 7.85. The van der Waals surface area contributed by atoms with Gasteiger partial charge in [0.2, 0.25) is 0 Å². The number of halogens is 2. The van der Waals surface area contributed by atoms with E-state index in [1.807, 2.05) is 13.8 Å². The molecule has 0 aliphatic heterocycles. The number of hydrogen-bond acceptors (Lipinski definition) is 3. The van der Waals surface area contributed by atoms with Crippen LogP contribution in [0.1, 0.15) is 31.0 Å². The molecule has 0 radical (unpaired) electrons. The first kappa shape index (κ1) is 12.4. The molecule has 1 rings (SSSR count). The van der Waals surface area contributed by atoms with Gasteiger partial charge in [-0.1, -0.05) is 25.4 Å². The normalized spacial score (nSPS) is 12.4. The standard InChI is InChI=1S/C8H12ClFN2O2S/c1-5(2)7-6(4-15(10,13)14)8(9)12(3)11-7/h5H,4H2,1-3H3. The topological polar surface area (TPSA) is 52.0 Å². The molecular formula is C8H12ClFN2O2S. The Morgan fingerprint density at radius 2 is 2.07 bits per heavy atom. The van der Waals surface area contributed by atoms with Crippen molar-refractivity contribution >= 4 is 21.8 Å². The van der Waals surface area contributed by atoms with Crippen LogP contribution in [0, 0.1) is 0 Å². The molecule has 0 spiro atoms. The van der Waals surface area contributed by atoms with Crippen LogP contribution in [0.4, 0.5) is 3.89 Å². The second kappa shape index (κ2) is 4.09. The molecule has 1 heterocycles. The third-order valence-corrected chi connectivity index (χ3v) is 3.07. The third kappa shape index (κ3) is 2.92. The van der Waals surface area contributed by atoms with E-state index in [2.05, 4.69) is 5.10 Å². The summed E-state index contributed by atoms with van der Waals surface area (Å²) in [7, 11) is -2.99. The SMILES string of the molecule is CC(C)c1nn(C)c(Cl)c1CS(=O)(=O)F. The van der Waals surface area contributed by atoms with E-state index in [4.69, 9.17) is 11.6 Å². The van der Waals surface area contributed by atoms with Gasteiger partial charge in [0, 0.05) is 12.6 Å². The van der Waals surface area contributed by atoms with E-state index in [1.54, 1.807) is 7.05 Å². The molecule has 4 nitrogen and oxygen atoms in total. The molecular weight excluding hydrogens is 243 g/mol. The molecule has 0 unspecified atom stereocenters. The van der Waals surface area contributed by atoms with Gasteiger partial charge in [0.05, 0.1) is 5.69 Å². The summed E-state index contributed by atoms with van der Waals surface area (Å²) in [6.07, 6.45) is 0. The van der Waals surface area contributed by atoms with Crippen molar-refractivity contribution in [2.45, 2.75) is 25.5 Å². The van der Waals surface area contributed by atoms with E-state index in [0.29, 0.717) is 5.69 Å². The molecule has 1 aromatic heterocycles. The van der Waals surface area contributed by atoms with Gasteiger partial charge in [-0.3, -0.25) is 4.68 Å². The summed E-state index contributed by atoms with van der Waals surface area (Å²) in [5.74, 6) is -0.715. The Morgan fingerprint density at radius 3 is 2.47 bits per heavy atom. The van der Waals surface area contributed by atoms with Gasteiger partial charge in [0.25, 0.3) is 0 Å². The molecule has 0 atom stereocenters. The Kier molecular flexibility index (Phi) is 3.40. The van der Waals surface area contributed by atoms with Gasteiger partial charge in [-0.15, -0.1) is 3.89 Å². The average molecular weight is 255 g/mol. The van der Waals surface area contributed by atoms with Gasteiger partial charge in [-0.2, -0.15) is 13.5 Å². The van der Waals surface area contributed by atoms with Crippen molar-refractivity contribution in [3.05, 3.63) is 16.4 Å². The lowest BCUT2D eigenvalue weighted by molar-refractivity contribution is 0.550. The van der Waals surface area contributed by atoms with E-state index in [0.717, 1.165) is 0 Å². The van der Waals surface area contributed by atoms with Gasteiger partial charge < -0.3 is 0 Å². The minimum atomic E-state index is -4.58. The van der Waals surface area contributed by atoms with Crippen molar-refractivity contribution in [3.8, 4) is 0 Å². The Morgan fingerprint density at radius 1 is 1.53 bits per heavy atom. The van der Waals surface area contributed by atoms with Crippen LogP contribution in [-0.4, -0.2) is 18.2 Å². The van der Waals surface area contributed by atoms with Crippen LogP contribution in [0.25, 0.3) is 0 Å². The fourth-order valence-corrected chi connectivity index (χ4v) is 2.25. The molecule has 1 aromatic rings. The van der Waals surface area contributed by atoms with Crippen LogP contribution in [0.2, 0.25) is 5.15 Å². The summed E-state index contributed by atoms with van der Waals surface area (Å²) < 4.78 is 35.1. The summed E-state index contributed by atoms with van der Waals surface area (Å²) in [5, 5.41) is 4.21. The maximum absolute atomic E-state index is 12.6. The van der Waals surface area contributed by atoms with Gasteiger partial charge in [0.1, 0.15) is 10.9 Å². The second-order valence-electron chi connectivity index (χ2n) is 3.62. The van der Waals surface area contributed by atoms with E-state index < -0.39 is 16.0 Å². The second-order valence-corrected chi connectivity index (χ2v) is 5.34. The highest BCUT2D eigenvalue weighted by atomic mass is 35.5. The van der Waals surface area contributed by atoms with Crippen LogP contribution in [0.3, 0.4) is 0 Å². The number of aryl methyl sites for hydroxylation is 1.